The molecule has 4 aromatic carbocycles. The Morgan fingerprint density at radius 3 is 1.44 bits per heavy atom. The van der Waals surface area contributed by atoms with E-state index in [0.29, 0.717) is 69.0 Å². The Balaban J connectivity index is 0.000000227. The third kappa shape index (κ3) is 36.4. The Hall–Kier alpha value is -11.4. The summed E-state index contributed by atoms with van der Waals surface area (Å²) in [5.74, 6) is -8.04. The number of alkyl carbamates (subject to hydrolysis) is 1. The molecule has 7 unspecified atom stereocenters. The smallest absolute Gasteiger partial charge is 0.413 e. The number of nitrogens with two attached hydrogens (primary N) is 2. The normalized spacial score (nSPS) is 23.9. The molecule has 0 radical (unpaired) electrons. The number of hydrogen-bond donors (Lipinski definition) is 10. The van der Waals surface area contributed by atoms with Gasteiger partial charge in [0, 0.05) is 50.5 Å². The molecule has 0 bridgehead atoms. The van der Waals surface area contributed by atoms with Crippen molar-refractivity contribution in [2.24, 2.45) is 11.7 Å². The molecule has 6 aromatic rings. The maximum Gasteiger partial charge on any atom is 0.413 e. The van der Waals surface area contributed by atoms with Gasteiger partial charge in [-0.05, 0) is 130 Å². The first-order chi connectivity index (χ1) is 66.2. The number of alkyl halides is 1. The Labute approximate surface area is 822 Å². The number of fused-ring (bicyclic) bond motifs is 3. The van der Waals surface area contributed by atoms with Crippen molar-refractivity contribution in [1.82, 2.24) is 54.7 Å². The first kappa shape index (κ1) is 115. The Bertz CT molecular complexity index is 4930. The van der Waals surface area contributed by atoms with Crippen LogP contribution in [0.3, 0.4) is 0 Å². The van der Waals surface area contributed by atoms with E-state index in [4.69, 9.17) is 103 Å². The molecule has 45 nitrogen and oxygen atoms in total. The first-order valence-electron chi connectivity index (χ1n) is 44.4. The Morgan fingerprint density at radius 2 is 1.01 bits per heavy atom. The van der Waals surface area contributed by atoms with Gasteiger partial charge in [0.15, 0.2) is 49.5 Å². The van der Waals surface area contributed by atoms with Crippen LogP contribution in [0.15, 0.2) is 134 Å². The maximum absolute atomic E-state index is 12.5. The molecule has 17 atom stereocenters. The molecule has 10 heterocycles. The highest BCUT2D eigenvalue weighted by molar-refractivity contribution is 14.1. The van der Waals surface area contributed by atoms with Gasteiger partial charge in [0.05, 0.1) is 49.2 Å². The van der Waals surface area contributed by atoms with Crippen molar-refractivity contribution >= 4 is 117 Å². The molecule has 4 amide bonds. The van der Waals surface area contributed by atoms with Gasteiger partial charge in [-0.25, -0.2) is 48.5 Å². The highest BCUT2D eigenvalue weighted by atomic mass is 127. The zero-order valence-corrected chi connectivity index (χ0v) is 82.4. The molecular weight excluding hydrogens is 1960 g/mol. The number of nitrogens with one attached hydrogen (secondary N) is 2. The summed E-state index contributed by atoms with van der Waals surface area (Å²) in [6.07, 6.45) is 1.32. The lowest BCUT2D eigenvalue weighted by molar-refractivity contribution is -0.195. The minimum Gasteiger partial charge on any atom is -0.481 e. The monoisotopic (exact) mass is 2080 g/mol. The average molecular weight is 2080 g/mol. The van der Waals surface area contributed by atoms with Crippen molar-refractivity contribution in [3.05, 3.63) is 156 Å². The number of carbonyl (C=O) groups is 11. The van der Waals surface area contributed by atoms with Gasteiger partial charge in [-0.1, -0.05) is 144 Å². The van der Waals surface area contributed by atoms with Crippen LogP contribution in [0.1, 0.15) is 115 Å². The van der Waals surface area contributed by atoms with Gasteiger partial charge < -0.3 is 129 Å². The van der Waals surface area contributed by atoms with Crippen LogP contribution in [0.5, 0.6) is 0 Å². The number of imidazole rings is 1. The molecule has 47 heteroatoms. The maximum atomic E-state index is 12.5. The summed E-state index contributed by atoms with van der Waals surface area (Å²) < 4.78 is 79.7. The van der Waals surface area contributed by atoms with E-state index in [9.17, 15) is 63.0 Å². The SMILES string of the molecule is CC#N.CC1OC(CN(C)CC[C@H](N)C(=O)O)[C@@H](O)[C@H]1O.CC1OC(CN(C)CC[C@H]2C(=O)OCN2C(=O)OCc2ccccc2)[C@H]2OC(C)(C)O[C@@H]12.CNCC1OC(n2cnc3c(N)ncnc32)[C@@H]2OC(C)(C)O[C@H]12.CSC.O=C(O)CC(CNC(=O)OCc1ccccc1)C(=O)O.O=C(O)CC[C@H]1C(=O)OCN1C(=O)OCc1ccccc1.O=C1OCN(C(=O)OCc2ccccc2)[C@H]1CCI. The van der Waals surface area contributed by atoms with Crippen LogP contribution in [-0.4, -0.2) is 341 Å². The second-order valence-corrected chi connectivity index (χ2v) is 35.5. The number of aromatic nitrogens is 4. The van der Waals surface area contributed by atoms with Gasteiger partial charge in [-0.3, -0.25) is 38.4 Å². The highest BCUT2D eigenvalue weighted by Crippen LogP contribution is 2.44. The number of halogens is 1. The van der Waals surface area contributed by atoms with E-state index in [1.807, 2.05) is 156 Å². The highest BCUT2D eigenvalue weighted by Gasteiger charge is 2.57. The zero-order valence-electron chi connectivity index (χ0n) is 79.5. The number of anilines is 1. The number of amides is 4. The Morgan fingerprint density at radius 1 is 0.583 bits per heavy atom. The van der Waals surface area contributed by atoms with Crippen LogP contribution >= 0.6 is 34.4 Å². The van der Waals surface area contributed by atoms with Crippen molar-refractivity contribution < 1.29 is 150 Å². The lowest BCUT2D eigenvalue weighted by Gasteiger charge is -2.27. The summed E-state index contributed by atoms with van der Waals surface area (Å²) in [6, 6.07) is 35.7. The second-order valence-electron chi connectivity index (χ2n) is 33.6. The van der Waals surface area contributed by atoms with E-state index in [2.05, 4.69) is 53.1 Å². The van der Waals surface area contributed by atoms with Gasteiger partial charge in [0.25, 0.3) is 0 Å². The number of nitrogen functional groups attached to an aromatic ring is 1. The van der Waals surface area contributed by atoms with E-state index in [0.717, 1.165) is 31.6 Å². The van der Waals surface area contributed by atoms with Gasteiger partial charge in [-0.15, -0.1) is 0 Å². The molecule has 0 spiro atoms. The largest absolute Gasteiger partial charge is 0.481 e. The molecular formula is C92H127IN14O31S. The zero-order chi connectivity index (χ0) is 102. The molecule has 8 aliphatic heterocycles. The number of hydrogen-bond acceptors (Lipinski definition) is 37. The van der Waals surface area contributed by atoms with Gasteiger partial charge in [0.2, 0.25) is 0 Å². The fraction of sp³-hybridized carbons (Fsp3) is 0.554. The third-order valence-electron chi connectivity index (χ3n) is 21.9. The summed E-state index contributed by atoms with van der Waals surface area (Å²) in [7, 11) is 5.63. The third-order valence-corrected chi connectivity index (χ3v) is 22.5. The topological polar surface area (TPSA) is 598 Å². The number of likely N-dealkylation sites (N-methyl/N-ethyl adjacent to an activating group) is 3. The number of aliphatic carboxylic acids is 4. The van der Waals surface area contributed by atoms with E-state index in [1.165, 1.54) is 23.1 Å². The number of aliphatic hydroxyl groups excluding tert-OH is 2. The number of carbonyl (C=O) groups excluding carboxylic acids is 7. The van der Waals surface area contributed by atoms with Crippen molar-refractivity contribution in [2.75, 3.05) is 103 Å². The molecule has 0 aliphatic carbocycles. The lowest BCUT2D eigenvalue weighted by Crippen LogP contribution is -2.42. The number of benzene rings is 4. The molecule has 2 aromatic heterocycles. The summed E-state index contributed by atoms with van der Waals surface area (Å²) in [4.78, 5) is 146. The van der Waals surface area contributed by atoms with E-state index in [-0.39, 0.29) is 127 Å². The van der Waals surface area contributed by atoms with Gasteiger partial charge >= 0.3 is 66.2 Å². The quantitative estimate of drug-likeness (QED) is 0.00907. The van der Waals surface area contributed by atoms with E-state index >= 15 is 0 Å². The van der Waals surface area contributed by atoms with E-state index < -0.39 is 127 Å². The molecule has 8 aliphatic rings. The number of nitrogens with zero attached hydrogens (tertiary/aromatic N) is 10. The number of esters is 3. The summed E-state index contributed by atoms with van der Waals surface area (Å²) >= 11 is 3.91. The molecule has 8 fully saturated rings. The number of aliphatic hydroxyl groups is 2. The number of carboxylic acids is 4. The molecule has 12 N–H and O–H groups in total. The number of thioether (sulfide) groups is 1. The fourth-order valence-corrected chi connectivity index (χ4v) is 15.6. The van der Waals surface area contributed by atoms with Crippen LogP contribution in [0.25, 0.3) is 11.2 Å². The standard InChI is InChI=1S/C23H32N2O7.C14H20N6O3.C14H15NO6.C13H14INO4.C13H15NO6.C11H22N2O5.C2H3N.C2H6S/c1-15-19-20(32-23(2,3)31-19)18(30-15)12-24(4)11-10-17-21(26)29-14-25(17)22(27)28-13-16-8-6-5-7-9-16;1-14(2)22-9-7(4-16-3)21-13(10(9)23-14)20-6-19-8-11(15)17-5-18-12(8)20;16-12(17)7-6-11-13(18)21-9-15(11)14(19)20-8-10-4-2-1-3-5-10;14-7-6-11-12(16)19-9-15(11)13(17)18-8-10-4-2-1-3-5-10;15-11(16)6-10(12(17)18)7-14-13(19)20-8-9-4-2-1-3-5-9;1-6-9(14)10(15)8(18-6)5-13(2)4-3-7(12)11(16)17;1-2-3;1-3-2/h5-9,15,17-20H,10-14H2,1-4H3;5-7,9-10,13,16H,4H2,1-3H3,(H2,15,17,18);1-5,11H,6-9H2,(H,16,17);1-5,11H,6-9H2;1-5,10H,6-8H2,(H,14,19)(H,15,16)(H,17,18);6-10,14-15H,3-5,12H2,1-2H3,(H,16,17);1H3;1-2H3/t15?,17-,18?,19-,20+;7?,9-,10-,13?;2*11-;;6?,7-,8?,9-,10+;;/m0100.0../s1. The van der Waals surface area contributed by atoms with Gasteiger partial charge in [-0.2, -0.15) is 17.0 Å². The Kier molecular flexibility index (Phi) is 47.3. The van der Waals surface area contributed by atoms with Crippen LogP contribution < -0.4 is 22.1 Å². The summed E-state index contributed by atoms with van der Waals surface area (Å²) in [5, 5.41) is 66.6. The number of nitriles is 1. The summed E-state index contributed by atoms with van der Waals surface area (Å²) in [5.41, 5.74) is 15.8. The minimum atomic E-state index is -1.28. The fourth-order valence-electron chi connectivity index (χ4n) is 15.0. The molecule has 8 saturated heterocycles. The number of rotatable bonds is 32. The molecule has 0 saturated carbocycles. The van der Waals surface area contributed by atoms with Gasteiger partial charge in [0.1, 0.15) is 105 Å². The van der Waals surface area contributed by atoms with Crippen LogP contribution in [0.2, 0.25) is 0 Å². The molecule has 764 valence electrons. The first-order valence-corrected chi connectivity index (χ1v) is 47.6. The second kappa shape index (κ2) is 57.4. The van der Waals surface area contributed by atoms with Crippen molar-refractivity contribution in [3.63, 3.8) is 0 Å². The number of carboxylic acid groups (broad SMARTS) is 4. The van der Waals surface area contributed by atoms with Crippen molar-refractivity contribution in [1.29, 1.82) is 5.26 Å². The van der Waals surface area contributed by atoms with Crippen LogP contribution in [-0.2, 0) is 126 Å². The molecule has 14 rings (SSSR count). The predicted octanol–water partition coefficient (Wildman–Crippen LogP) is 6.72. The molecule has 139 heavy (non-hydrogen) atoms. The van der Waals surface area contributed by atoms with Crippen molar-refractivity contribution in [2.45, 2.75) is 223 Å². The van der Waals surface area contributed by atoms with E-state index in [1.54, 1.807) is 74.5 Å². The van der Waals surface area contributed by atoms with Crippen LogP contribution in [0, 0.1) is 17.2 Å². The predicted molar refractivity (Wildman–Crippen MR) is 504 cm³/mol. The number of cyclic esters (lactones) is 3. The minimum absolute atomic E-state index is 0.00854. The lowest BCUT2D eigenvalue weighted by atomic mass is 10.1. The summed E-state index contributed by atoms with van der Waals surface area (Å²) in [6.45, 7) is 15.4. The average Bonchev–Trinajstić information content (AvgIpc) is 1.59. The van der Waals surface area contributed by atoms with Crippen molar-refractivity contribution in [3.8, 4) is 6.07 Å². The van der Waals surface area contributed by atoms with Crippen LogP contribution in [0.4, 0.5) is 25.0 Å². The number of ether oxygens (including phenoxy) is 14.